The zero-order valence-corrected chi connectivity index (χ0v) is 12.0. The van der Waals surface area contributed by atoms with Crippen LogP contribution in [0.3, 0.4) is 0 Å². The molecule has 0 radical (unpaired) electrons. The van der Waals surface area contributed by atoms with Gasteiger partial charge in [0.15, 0.2) is 0 Å². The predicted molar refractivity (Wildman–Crippen MR) is 82.4 cm³/mol. The molecule has 2 aromatic carbocycles. The number of methoxy groups -OCH3 is 1. The molecule has 0 bridgehead atoms. The van der Waals surface area contributed by atoms with E-state index in [1.54, 1.807) is 25.3 Å². The zero-order valence-electron chi connectivity index (χ0n) is 12.0. The molecule has 3 aromatic rings. The second-order valence-corrected chi connectivity index (χ2v) is 5.06. The Labute approximate surface area is 122 Å². The lowest BCUT2D eigenvalue weighted by atomic mass is 10.0. The van der Waals surface area contributed by atoms with Gasteiger partial charge in [0.25, 0.3) is 0 Å². The molecule has 3 N–H and O–H groups in total. The van der Waals surface area contributed by atoms with Crippen molar-refractivity contribution in [2.24, 2.45) is 0 Å². The molecule has 4 heteroatoms. The van der Waals surface area contributed by atoms with Crippen molar-refractivity contribution in [3.63, 3.8) is 0 Å². The van der Waals surface area contributed by atoms with Crippen LogP contribution in [0.5, 0.6) is 5.75 Å². The van der Waals surface area contributed by atoms with Crippen LogP contribution in [-0.4, -0.2) is 12.2 Å². The molecule has 0 aliphatic rings. The number of hydrogen-bond donors (Lipinski definition) is 2. The van der Waals surface area contributed by atoms with E-state index in [2.05, 4.69) is 0 Å². The quantitative estimate of drug-likeness (QED) is 0.723. The largest absolute Gasteiger partial charge is 0.495 e. The summed E-state index contributed by atoms with van der Waals surface area (Å²) in [4.78, 5) is 0. The van der Waals surface area contributed by atoms with E-state index in [9.17, 15) is 5.11 Å². The predicted octanol–water partition coefficient (Wildman–Crippen LogP) is 3.41. The fourth-order valence-electron chi connectivity index (χ4n) is 2.45. The Morgan fingerprint density at radius 2 is 2.00 bits per heavy atom. The zero-order chi connectivity index (χ0) is 15.0. The number of nitrogens with two attached hydrogens (primary N) is 1. The number of anilines is 1. The third kappa shape index (κ3) is 2.34. The fraction of sp³-hybridized carbons (Fsp3) is 0.176. The van der Waals surface area contributed by atoms with E-state index in [0.29, 0.717) is 22.8 Å². The first kappa shape index (κ1) is 13.5. The summed E-state index contributed by atoms with van der Waals surface area (Å²) in [6.07, 6.45) is -0.923. The molecule has 1 aromatic heterocycles. The molecule has 0 fully saturated rings. The number of aryl methyl sites for hydroxylation is 1. The van der Waals surface area contributed by atoms with Crippen molar-refractivity contribution in [2.75, 3.05) is 12.8 Å². The van der Waals surface area contributed by atoms with Gasteiger partial charge >= 0.3 is 0 Å². The number of para-hydroxylation sites is 1. The number of benzene rings is 2. The summed E-state index contributed by atoms with van der Waals surface area (Å²) in [6.45, 7) is 2.02. The van der Waals surface area contributed by atoms with Gasteiger partial charge in [-0.1, -0.05) is 23.8 Å². The van der Waals surface area contributed by atoms with Crippen molar-refractivity contribution < 1.29 is 14.3 Å². The van der Waals surface area contributed by atoms with Crippen LogP contribution in [0.25, 0.3) is 11.0 Å². The molecule has 0 saturated carbocycles. The molecular weight excluding hydrogens is 266 g/mol. The molecule has 108 valence electrons. The topological polar surface area (TPSA) is 68.6 Å². The summed E-state index contributed by atoms with van der Waals surface area (Å²) < 4.78 is 10.9. The fourth-order valence-corrected chi connectivity index (χ4v) is 2.45. The first-order valence-electron chi connectivity index (χ1n) is 6.70. The van der Waals surface area contributed by atoms with Crippen LogP contribution in [0.15, 0.2) is 46.9 Å². The third-order valence-electron chi connectivity index (χ3n) is 3.57. The van der Waals surface area contributed by atoms with Gasteiger partial charge in [0, 0.05) is 10.9 Å². The van der Waals surface area contributed by atoms with Gasteiger partial charge in [0.05, 0.1) is 12.8 Å². The normalized spacial score (nSPS) is 12.5. The molecule has 1 unspecified atom stereocenters. The summed E-state index contributed by atoms with van der Waals surface area (Å²) in [5.41, 5.74) is 8.91. The Morgan fingerprint density at radius 1 is 1.19 bits per heavy atom. The van der Waals surface area contributed by atoms with Crippen LogP contribution in [0.1, 0.15) is 23.0 Å². The van der Waals surface area contributed by atoms with Crippen LogP contribution in [-0.2, 0) is 0 Å². The van der Waals surface area contributed by atoms with Gasteiger partial charge in [-0.25, -0.2) is 0 Å². The van der Waals surface area contributed by atoms with E-state index in [-0.39, 0.29) is 0 Å². The summed E-state index contributed by atoms with van der Waals surface area (Å²) in [5.74, 6) is 1.01. The van der Waals surface area contributed by atoms with Gasteiger partial charge in [-0.2, -0.15) is 0 Å². The Balaban J connectivity index is 2.06. The number of aliphatic hydroxyl groups is 1. The van der Waals surface area contributed by atoms with Crippen LogP contribution in [0, 0.1) is 6.92 Å². The smallest absolute Gasteiger partial charge is 0.142 e. The highest BCUT2D eigenvalue weighted by molar-refractivity contribution is 5.79. The van der Waals surface area contributed by atoms with E-state index < -0.39 is 6.10 Å². The molecule has 21 heavy (non-hydrogen) atoms. The molecule has 0 saturated heterocycles. The molecule has 4 nitrogen and oxygen atoms in total. The Kier molecular flexibility index (Phi) is 3.31. The molecule has 1 atom stereocenters. The number of rotatable bonds is 3. The molecule has 0 aliphatic heterocycles. The van der Waals surface area contributed by atoms with E-state index in [4.69, 9.17) is 14.9 Å². The van der Waals surface area contributed by atoms with Crippen LogP contribution in [0.2, 0.25) is 0 Å². The molecule has 3 rings (SSSR count). The molecule has 0 amide bonds. The van der Waals surface area contributed by atoms with Gasteiger partial charge in [-0.15, -0.1) is 0 Å². The lowest BCUT2D eigenvalue weighted by Crippen LogP contribution is -2.04. The van der Waals surface area contributed by atoms with Gasteiger partial charge < -0.3 is 20.0 Å². The van der Waals surface area contributed by atoms with Crippen LogP contribution in [0.4, 0.5) is 5.69 Å². The Hall–Kier alpha value is -2.46. The molecule has 0 aliphatic carbocycles. The van der Waals surface area contributed by atoms with Crippen molar-refractivity contribution in [1.82, 2.24) is 0 Å². The van der Waals surface area contributed by atoms with Crippen molar-refractivity contribution in [3.05, 3.63) is 59.4 Å². The number of furan rings is 1. The minimum absolute atomic E-state index is 0.420. The van der Waals surface area contributed by atoms with Crippen LogP contribution >= 0.6 is 0 Å². The minimum atomic E-state index is -0.923. The molecule has 1 heterocycles. The second kappa shape index (κ2) is 5.14. The van der Waals surface area contributed by atoms with Crippen molar-refractivity contribution in [2.45, 2.75) is 13.0 Å². The number of fused-ring (bicyclic) bond motifs is 1. The Morgan fingerprint density at radius 3 is 2.76 bits per heavy atom. The minimum Gasteiger partial charge on any atom is -0.495 e. The maximum absolute atomic E-state index is 10.5. The number of aliphatic hydroxyl groups excluding tert-OH is 1. The SMILES string of the molecule is COc1cccc(C(O)c2cc3cc(C)ccc3o2)c1N. The van der Waals surface area contributed by atoms with Gasteiger partial charge in [-0.3, -0.25) is 0 Å². The lowest BCUT2D eigenvalue weighted by Gasteiger charge is -2.13. The van der Waals surface area contributed by atoms with Crippen molar-refractivity contribution >= 4 is 16.7 Å². The Bertz CT molecular complexity index is 792. The highest BCUT2D eigenvalue weighted by Gasteiger charge is 2.19. The number of ether oxygens (including phenoxy) is 1. The van der Waals surface area contributed by atoms with Gasteiger partial charge in [0.2, 0.25) is 0 Å². The van der Waals surface area contributed by atoms with Crippen LogP contribution < -0.4 is 10.5 Å². The van der Waals surface area contributed by atoms with Crippen molar-refractivity contribution in [3.8, 4) is 5.75 Å². The van der Waals surface area contributed by atoms with E-state index in [1.807, 2.05) is 31.2 Å². The first-order chi connectivity index (χ1) is 10.1. The summed E-state index contributed by atoms with van der Waals surface area (Å²) >= 11 is 0. The maximum atomic E-state index is 10.5. The highest BCUT2D eigenvalue weighted by Crippen LogP contribution is 2.35. The summed E-state index contributed by atoms with van der Waals surface area (Å²) in [7, 11) is 1.55. The van der Waals surface area contributed by atoms with E-state index in [1.165, 1.54) is 0 Å². The van der Waals surface area contributed by atoms with Gasteiger partial charge in [-0.05, 0) is 31.2 Å². The van der Waals surface area contributed by atoms with E-state index >= 15 is 0 Å². The molecular formula is C17H17NO3. The number of hydrogen-bond acceptors (Lipinski definition) is 4. The standard InChI is InChI=1S/C17H17NO3/c1-10-6-7-13-11(8-10)9-15(21-13)17(19)12-4-3-5-14(20-2)16(12)18/h3-9,17,19H,18H2,1-2H3. The monoisotopic (exact) mass is 283 g/mol. The second-order valence-electron chi connectivity index (χ2n) is 5.06. The third-order valence-corrected chi connectivity index (χ3v) is 3.57. The van der Waals surface area contributed by atoms with E-state index in [0.717, 1.165) is 16.5 Å². The summed E-state index contributed by atoms with van der Waals surface area (Å²) in [5, 5.41) is 11.5. The van der Waals surface area contributed by atoms with Gasteiger partial charge in [0.1, 0.15) is 23.2 Å². The molecule has 0 spiro atoms. The number of nitrogen functional groups attached to an aromatic ring is 1. The lowest BCUT2D eigenvalue weighted by molar-refractivity contribution is 0.192. The average molecular weight is 283 g/mol. The highest BCUT2D eigenvalue weighted by atomic mass is 16.5. The van der Waals surface area contributed by atoms with Crippen molar-refractivity contribution in [1.29, 1.82) is 0 Å². The average Bonchev–Trinajstić information content (AvgIpc) is 2.89. The maximum Gasteiger partial charge on any atom is 0.142 e. The first-order valence-corrected chi connectivity index (χ1v) is 6.70. The summed E-state index contributed by atoms with van der Waals surface area (Å²) in [6, 6.07) is 13.0.